The van der Waals surface area contributed by atoms with Gasteiger partial charge < -0.3 is 9.47 Å². The Morgan fingerprint density at radius 3 is 1.46 bits per heavy atom. The normalized spacial score (nSPS) is 17.1. The summed E-state index contributed by atoms with van der Waals surface area (Å²) in [5.74, 6) is -3.67. The van der Waals surface area contributed by atoms with Gasteiger partial charge in [0.05, 0.1) is 0 Å². The predicted molar refractivity (Wildman–Crippen MR) is 84.9 cm³/mol. The van der Waals surface area contributed by atoms with Gasteiger partial charge in [0.15, 0.2) is 6.10 Å². The highest BCUT2D eigenvalue weighted by Gasteiger charge is 2.60. The molecule has 0 radical (unpaired) electrons. The number of carbonyl (C=O) groups excluding carboxylic acids is 2. The van der Waals surface area contributed by atoms with Crippen LogP contribution in [-0.2, 0) is 19.1 Å². The SMILES string of the molecule is CC(OC(=O)C(F)(CC(C)(C)C)C(C)(C)C)C(=O)OC(C(F)(F)F)C(F)(F)F. The molecule has 0 amide bonds. The largest absolute Gasteiger partial charge is 0.448 e. The summed E-state index contributed by atoms with van der Waals surface area (Å²) in [5.41, 5.74) is -4.71. The van der Waals surface area contributed by atoms with Gasteiger partial charge in [0, 0.05) is 5.41 Å². The number of halogens is 7. The maximum Gasteiger partial charge on any atom is 0.434 e. The van der Waals surface area contributed by atoms with E-state index in [-0.39, 0.29) is 6.42 Å². The molecule has 0 saturated carbocycles. The van der Waals surface area contributed by atoms with Crippen molar-refractivity contribution >= 4 is 11.9 Å². The molecule has 2 atom stereocenters. The average molecular weight is 426 g/mol. The molecule has 0 aliphatic rings. The van der Waals surface area contributed by atoms with E-state index in [1.165, 1.54) is 20.8 Å². The third kappa shape index (κ3) is 7.12. The Labute approximate surface area is 158 Å². The van der Waals surface area contributed by atoms with Crippen molar-refractivity contribution in [1.82, 2.24) is 0 Å². The summed E-state index contributed by atoms with van der Waals surface area (Å²) in [6.45, 7) is 9.66. The molecule has 0 aromatic heterocycles. The van der Waals surface area contributed by atoms with E-state index in [0.29, 0.717) is 6.92 Å². The maximum absolute atomic E-state index is 15.5. The van der Waals surface area contributed by atoms with E-state index in [2.05, 4.69) is 9.47 Å². The highest BCUT2D eigenvalue weighted by molar-refractivity contribution is 5.84. The van der Waals surface area contributed by atoms with Crippen molar-refractivity contribution in [3.8, 4) is 0 Å². The molecule has 0 aromatic carbocycles. The highest BCUT2D eigenvalue weighted by Crippen LogP contribution is 2.44. The molecule has 0 N–H and O–H groups in total. The third-order valence-electron chi connectivity index (χ3n) is 3.73. The van der Waals surface area contributed by atoms with Gasteiger partial charge in [-0.15, -0.1) is 0 Å². The Morgan fingerprint density at radius 2 is 1.18 bits per heavy atom. The van der Waals surface area contributed by atoms with E-state index in [9.17, 15) is 35.9 Å². The van der Waals surface area contributed by atoms with Crippen LogP contribution in [0.3, 0.4) is 0 Å². The minimum absolute atomic E-state index is 0.363. The lowest BCUT2D eigenvalue weighted by atomic mass is 9.70. The number of alkyl halides is 7. The summed E-state index contributed by atoms with van der Waals surface area (Å²) in [5, 5.41) is 0. The summed E-state index contributed by atoms with van der Waals surface area (Å²) in [6.07, 6.45) is -18.8. The predicted octanol–water partition coefficient (Wildman–Crippen LogP) is 5.15. The van der Waals surface area contributed by atoms with Gasteiger partial charge in [0.25, 0.3) is 6.10 Å². The second kappa shape index (κ2) is 8.06. The van der Waals surface area contributed by atoms with Crippen LogP contribution >= 0.6 is 0 Å². The summed E-state index contributed by atoms with van der Waals surface area (Å²) >= 11 is 0. The van der Waals surface area contributed by atoms with Gasteiger partial charge in [-0.25, -0.2) is 14.0 Å². The van der Waals surface area contributed by atoms with Crippen LogP contribution < -0.4 is 0 Å². The van der Waals surface area contributed by atoms with Crippen molar-refractivity contribution in [2.45, 2.75) is 85.1 Å². The van der Waals surface area contributed by atoms with Crippen LogP contribution in [0.25, 0.3) is 0 Å². The number of hydrogen-bond acceptors (Lipinski definition) is 4. The van der Waals surface area contributed by atoms with E-state index >= 15 is 4.39 Å². The highest BCUT2D eigenvalue weighted by atomic mass is 19.4. The molecular formula is C17H25F7O4. The van der Waals surface area contributed by atoms with Gasteiger partial charge in [-0.05, 0) is 18.8 Å². The molecular weight excluding hydrogens is 401 g/mol. The minimum atomic E-state index is -5.92. The van der Waals surface area contributed by atoms with Crippen LogP contribution in [-0.4, -0.2) is 42.2 Å². The minimum Gasteiger partial charge on any atom is -0.448 e. The summed E-state index contributed by atoms with van der Waals surface area (Å²) in [4.78, 5) is 24.0. The molecule has 0 fully saturated rings. The fourth-order valence-electron chi connectivity index (χ4n) is 2.21. The Kier molecular flexibility index (Phi) is 7.61. The average Bonchev–Trinajstić information content (AvgIpc) is 2.38. The van der Waals surface area contributed by atoms with Gasteiger partial charge in [-0.1, -0.05) is 41.5 Å². The zero-order valence-electron chi connectivity index (χ0n) is 16.6. The molecule has 0 aromatic rings. The monoisotopic (exact) mass is 426 g/mol. The topological polar surface area (TPSA) is 52.6 Å². The molecule has 0 rings (SSSR count). The van der Waals surface area contributed by atoms with Crippen molar-refractivity contribution in [1.29, 1.82) is 0 Å². The quantitative estimate of drug-likeness (QED) is 0.451. The lowest BCUT2D eigenvalue weighted by Crippen LogP contribution is -2.51. The van der Waals surface area contributed by atoms with Crippen molar-refractivity contribution < 1.29 is 49.8 Å². The van der Waals surface area contributed by atoms with E-state index in [1.807, 2.05) is 0 Å². The van der Waals surface area contributed by atoms with E-state index in [1.54, 1.807) is 20.8 Å². The lowest BCUT2D eigenvalue weighted by Gasteiger charge is -2.39. The number of esters is 2. The number of ether oxygens (including phenoxy) is 2. The molecule has 0 bridgehead atoms. The molecule has 4 nitrogen and oxygen atoms in total. The molecule has 0 aliphatic heterocycles. The molecule has 166 valence electrons. The first kappa shape index (κ1) is 26.4. The molecule has 2 unspecified atom stereocenters. The van der Waals surface area contributed by atoms with Crippen LogP contribution in [0.2, 0.25) is 0 Å². The summed E-state index contributed by atoms with van der Waals surface area (Å²) in [7, 11) is 0. The first-order valence-electron chi connectivity index (χ1n) is 8.26. The molecule has 28 heavy (non-hydrogen) atoms. The fraction of sp³-hybridized carbons (Fsp3) is 0.882. The van der Waals surface area contributed by atoms with Gasteiger partial charge in [0.2, 0.25) is 5.67 Å². The fourth-order valence-corrected chi connectivity index (χ4v) is 2.21. The van der Waals surface area contributed by atoms with Gasteiger partial charge in [0.1, 0.15) is 0 Å². The van der Waals surface area contributed by atoms with Crippen molar-refractivity contribution in [3.05, 3.63) is 0 Å². The van der Waals surface area contributed by atoms with Gasteiger partial charge in [-0.2, -0.15) is 26.3 Å². The number of hydrogen-bond donors (Lipinski definition) is 0. The van der Waals surface area contributed by atoms with Crippen LogP contribution in [0, 0.1) is 10.8 Å². The Balaban J connectivity index is 5.49. The summed E-state index contributed by atoms with van der Waals surface area (Å²) in [6, 6.07) is 0. The lowest BCUT2D eigenvalue weighted by molar-refractivity contribution is -0.314. The Hall–Kier alpha value is -1.55. The third-order valence-corrected chi connectivity index (χ3v) is 3.73. The van der Waals surface area contributed by atoms with E-state index in [0.717, 1.165) is 0 Å². The first-order chi connectivity index (χ1) is 12.0. The van der Waals surface area contributed by atoms with E-state index < -0.39 is 53.0 Å². The van der Waals surface area contributed by atoms with Gasteiger partial charge in [-0.3, -0.25) is 0 Å². The van der Waals surface area contributed by atoms with Crippen LogP contribution in [0.1, 0.15) is 54.9 Å². The van der Waals surface area contributed by atoms with Crippen molar-refractivity contribution in [3.63, 3.8) is 0 Å². The van der Waals surface area contributed by atoms with Crippen LogP contribution in [0.5, 0.6) is 0 Å². The standard InChI is InChI=1S/C17H25F7O4/c1-9(10(25)28-11(16(19,20)21)17(22,23)24)27-12(26)15(18,14(5,6)7)8-13(2,3)4/h9,11H,8H2,1-7H3. The molecule has 0 heterocycles. The van der Waals surface area contributed by atoms with E-state index in [4.69, 9.17) is 0 Å². The number of rotatable bonds is 5. The number of carbonyl (C=O) groups is 2. The molecule has 0 saturated heterocycles. The van der Waals surface area contributed by atoms with Gasteiger partial charge >= 0.3 is 24.3 Å². The Morgan fingerprint density at radius 1 is 0.786 bits per heavy atom. The van der Waals surface area contributed by atoms with Crippen molar-refractivity contribution in [2.24, 2.45) is 10.8 Å². The Bertz CT molecular complexity index is 556. The maximum atomic E-state index is 15.5. The summed E-state index contributed by atoms with van der Waals surface area (Å²) < 4.78 is 98.3. The zero-order valence-corrected chi connectivity index (χ0v) is 16.6. The van der Waals surface area contributed by atoms with Crippen LogP contribution in [0.15, 0.2) is 0 Å². The zero-order chi connectivity index (χ0) is 22.9. The van der Waals surface area contributed by atoms with Crippen molar-refractivity contribution in [2.75, 3.05) is 0 Å². The second-order valence-corrected chi connectivity index (χ2v) is 8.74. The molecule has 0 spiro atoms. The molecule has 11 heteroatoms. The first-order valence-corrected chi connectivity index (χ1v) is 8.26. The molecule has 0 aliphatic carbocycles. The smallest absolute Gasteiger partial charge is 0.434 e. The van der Waals surface area contributed by atoms with Crippen LogP contribution in [0.4, 0.5) is 30.7 Å². The second-order valence-electron chi connectivity index (χ2n) is 8.74.